The van der Waals surface area contributed by atoms with Crippen LogP contribution in [0, 0.1) is 19.8 Å². The van der Waals surface area contributed by atoms with E-state index < -0.39 is 0 Å². The van der Waals surface area contributed by atoms with Crippen molar-refractivity contribution in [3.05, 3.63) is 42.0 Å². The first-order chi connectivity index (χ1) is 5.72. The smallest absolute Gasteiger partial charge is 0.0204 e. The normalized spacial score (nSPS) is 8.00. The maximum absolute atomic E-state index is 4.00. The minimum atomic E-state index is 1.14. The van der Waals surface area contributed by atoms with Crippen LogP contribution in [0.4, 0.5) is 0 Å². The lowest BCUT2D eigenvalue weighted by Gasteiger charge is -2.02. The molecular formula is C12H14. The first-order valence-electron chi connectivity index (χ1n) is 3.76. The van der Waals surface area contributed by atoms with Crippen LogP contribution >= 0.6 is 0 Å². The summed E-state index contributed by atoms with van der Waals surface area (Å²) in [4.78, 5) is 0. The Morgan fingerprint density at radius 2 is 1.75 bits per heavy atom. The van der Waals surface area contributed by atoms with E-state index in [-0.39, 0.29) is 0 Å². The number of aryl methyl sites for hydroxylation is 1. The third-order valence-corrected chi connectivity index (χ3v) is 1.60. The molecule has 0 N–H and O–H groups in total. The summed E-state index contributed by atoms with van der Waals surface area (Å²) >= 11 is 0. The molecule has 12 heavy (non-hydrogen) atoms. The van der Waals surface area contributed by atoms with Crippen LogP contribution in [0.25, 0.3) is 5.57 Å². The van der Waals surface area contributed by atoms with Crippen LogP contribution in [0.5, 0.6) is 0 Å². The molecule has 0 nitrogen and oxygen atoms in total. The van der Waals surface area contributed by atoms with E-state index in [1.165, 1.54) is 11.1 Å². The SMILES string of the molecule is C#C.C=C(C)c1ccccc1C. The molecule has 62 valence electrons. The van der Waals surface area contributed by atoms with Crippen LogP contribution in [0.2, 0.25) is 0 Å². The zero-order chi connectivity index (χ0) is 9.56. The molecule has 0 bridgehead atoms. The van der Waals surface area contributed by atoms with Crippen molar-refractivity contribution in [2.45, 2.75) is 13.8 Å². The molecule has 1 rings (SSSR count). The summed E-state index contributed by atoms with van der Waals surface area (Å²) in [5, 5.41) is 0. The zero-order valence-electron chi connectivity index (χ0n) is 7.67. The van der Waals surface area contributed by atoms with Gasteiger partial charge in [-0.1, -0.05) is 36.4 Å². The number of terminal acetylenes is 1. The van der Waals surface area contributed by atoms with Gasteiger partial charge in [-0.25, -0.2) is 0 Å². The molecule has 0 heteroatoms. The molecule has 0 radical (unpaired) electrons. The minimum absolute atomic E-state index is 1.14. The lowest BCUT2D eigenvalue weighted by atomic mass is 10.0. The number of allylic oxidation sites excluding steroid dienone is 1. The molecule has 0 saturated carbocycles. The van der Waals surface area contributed by atoms with Gasteiger partial charge in [-0.2, -0.15) is 0 Å². The van der Waals surface area contributed by atoms with E-state index >= 15 is 0 Å². The Hall–Kier alpha value is -1.48. The highest BCUT2D eigenvalue weighted by molar-refractivity contribution is 5.63. The maximum atomic E-state index is 4.00. The molecule has 0 aliphatic rings. The highest BCUT2D eigenvalue weighted by Crippen LogP contribution is 2.14. The predicted molar refractivity (Wildman–Crippen MR) is 55.8 cm³/mol. The Labute approximate surface area is 74.9 Å². The van der Waals surface area contributed by atoms with Gasteiger partial charge in [-0.3, -0.25) is 0 Å². The van der Waals surface area contributed by atoms with E-state index in [0.29, 0.717) is 0 Å². The van der Waals surface area contributed by atoms with Gasteiger partial charge in [0.25, 0.3) is 0 Å². The fraction of sp³-hybridized carbons (Fsp3) is 0.167. The van der Waals surface area contributed by atoms with Crippen LogP contribution in [0.3, 0.4) is 0 Å². The van der Waals surface area contributed by atoms with Crippen molar-refractivity contribution in [2.24, 2.45) is 0 Å². The van der Waals surface area contributed by atoms with Crippen molar-refractivity contribution in [3.8, 4) is 12.8 Å². The molecule has 0 atom stereocenters. The first kappa shape index (κ1) is 10.5. The Bertz CT molecular complexity index is 279. The van der Waals surface area contributed by atoms with Gasteiger partial charge in [0.2, 0.25) is 0 Å². The summed E-state index contributed by atoms with van der Waals surface area (Å²) < 4.78 is 0. The van der Waals surface area contributed by atoms with Crippen LogP contribution in [-0.2, 0) is 0 Å². The molecule has 1 aromatic carbocycles. The summed E-state index contributed by atoms with van der Waals surface area (Å²) in [7, 11) is 0. The van der Waals surface area contributed by atoms with Crippen LogP contribution in [0.15, 0.2) is 30.8 Å². The van der Waals surface area contributed by atoms with Gasteiger partial charge >= 0.3 is 0 Å². The standard InChI is InChI=1S/C10H12.C2H2/c1-8(2)10-7-5-4-6-9(10)3;1-2/h4-7H,1H2,2-3H3;1-2H. The highest BCUT2D eigenvalue weighted by Gasteiger charge is 1.94. The van der Waals surface area contributed by atoms with Gasteiger partial charge in [0.15, 0.2) is 0 Å². The molecule has 1 aromatic rings. The molecule has 0 fully saturated rings. The lowest BCUT2D eigenvalue weighted by molar-refractivity contribution is 1.41. The molecule has 0 aliphatic heterocycles. The molecule has 0 spiro atoms. The van der Waals surface area contributed by atoms with Gasteiger partial charge < -0.3 is 0 Å². The minimum Gasteiger partial charge on any atom is -0.124 e. The largest absolute Gasteiger partial charge is 0.124 e. The second-order valence-corrected chi connectivity index (χ2v) is 2.60. The highest BCUT2D eigenvalue weighted by atomic mass is 14.0. The number of benzene rings is 1. The van der Waals surface area contributed by atoms with Crippen molar-refractivity contribution >= 4 is 5.57 Å². The molecule has 0 aliphatic carbocycles. The second kappa shape index (κ2) is 5.21. The summed E-state index contributed by atoms with van der Waals surface area (Å²) in [6, 6.07) is 8.28. The summed E-state index contributed by atoms with van der Waals surface area (Å²) in [6.07, 6.45) is 8.00. The summed E-state index contributed by atoms with van der Waals surface area (Å²) in [5.74, 6) is 0. The summed E-state index contributed by atoms with van der Waals surface area (Å²) in [5.41, 5.74) is 3.70. The number of hydrogen-bond acceptors (Lipinski definition) is 0. The average molecular weight is 158 g/mol. The second-order valence-electron chi connectivity index (χ2n) is 2.60. The fourth-order valence-corrected chi connectivity index (χ4v) is 1.05. The number of hydrogen-bond donors (Lipinski definition) is 0. The van der Waals surface area contributed by atoms with Crippen molar-refractivity contribution in [3.63, 3.8) is 0 Å². The van der Waals surface area contributed by atoms with Crippen LogP contribution in [-0.4, -0.2) is 0 Å². The van der Waals surface area contributed by atoms with Gasteiger partial charge in [-0.15, -0.1) is 12.8 Å². The van der Waals surface area contributed by atoms with E-state index in [4.69, 9.17) is 0 Å². The molecule has 0 heterocycles. The third-order valence-electron chi connectivity index (χ3n) is 1.60. The average Bonchev–Trinajstić information content (AvgIpc) is 2.08. The van der Waals surface area contributed by atoms with E-state index in [1.54, 1.807) is 0 Å². The fourth-order valence-electron chi connectivity index (χ4n) is 1.05. The Kier molecular flexibility index (Phi) is 4.57. The van der Waals surface area contributed by atoms with Gasteiger partial charge in [-0.05, 0) is 25.0 Å². The molecule has 0 saturated heterocycles. The topological polar surface area (TPSA) is 0 Å². The molecule has 0 amide bonds. The number of rotatable bonds is 1. The third kappa shape index (κ3) is 2.64. The van der Waals surface area contributed by atoms with Crippen LogP contribution < -0.4 is 0 Å². The van der Waals surface area contributed by atoms with Crippen molar-refractivity contribution in [1.82, 2.24) is 0 Å². The van der Waals surface area contributed by atoms with E-state index in [0.717, 1.165) is 5.57 Å². The Balaban J connectivity index is 0.000000561. The maximum Gasteiger partial charge on any atom is -0.0204 e. The lowest BCUT2D eigenvalue weighted by Crippen LogP contribution is -1.81. The van der Waals surface area contributed by atoms with Gasteiger partial charge in [0.1, 0.15) is 0 Å². The predicted octanol–water partition coefficient (Wildman–Crippen LogP) is 3.28. The quantitative estimate of drug-likeness (QED) is 0.550. The van der Waals surface area contributed by atoms with Crippen LogP contribution in [0.1, 0.15) is 18.1 Å². The zero-order valence-corrected chi connectivity index (χ0v) is 7.67. The van der Waals surface area contributed by atoms with Gasteiger partial charge in [0.05, 0.1) is 0 Å². The first-order valence-corrected chi connectivity index (χ1v) is 3.76. The molecule has 0 aromatic heterocycles. The van der Waals surface area contributed by atoms with E-state index in [1.807, 2.05) is 19.1 Å². The van der Waals surface area contributed by atoms with Gasteiger partial charge in [0, 0.05) is 0 Å². The van der Waals surface area contributed by atoms with Crippen molar-refractivity contribution in [1.29, 1.82) is 0 Å². The van der Waals surface area contributed by atoms with E-state index in [9.17, 15) is 0 Å². The Morgan fingerprint density at radius 1 is 1.25 bits per heavy atom. The van der Waals surface area contributed by atoms with Crippen molar-refractivity contribution in [2.75, 3.05) is 0 Å². The van der Waals surface area contributed by atoms with Crippen molar-refractivity contribution < 1.29 is 0 Å². The Morgan fingerprint density at radius 3 is 2.08 bits per heavy atom. The molecule has 0 unspecified atom stereocenters. The van der Waals surface area contributed by atoms with E-state index in [2.05, 4.69) is 38.5 Å². The summed E-state index contributed by atoms with van der Waals surface area (Å²) in [6.45, 7) is 8.02. The monoisotopic (exact) mass is 158 g/mol. The molecular weight excluding hydrogens is 144 g/mol.